The highest BCUT2D eigenvalue weighted by Gasteiger charge is 2.49. The molecule has 3 N–H and O–H groups in total. The van der Waals surface area contributed by atoms with Gasteiger partial charge in [0.05, 0.1) is 23.4 Å². The van der Waals surface area contributed by atoms with Gasteiger partial charge in [0.2, 0.25) is 0 Å². The summed E-state index contributed by atoms with van der Waals surface area (Å²) in [7, 11) is 0. The number of pyridine rings is 1. The minimum absolute atomic E-state index is 0.225. The van der Waals surface area contributed by atoms with Crippen molar-refractivity contribution in [2.24, 2.45) is 5.41 Å². The Morgan fingerprint density at radius 2 is 2.12 bits per heavy atom. The Balaban J connectivity index is 1.72. The van der Waals surface area contributed by atoms with Gasteiger partial charge in [0, 0.05) is 19.3 Å². The Labute approximate surface area is 150 Å². The molecule has 0 saturated carbocycles. The average Bonchev–Trinajstić information content (AvgIpc) is 3.13. The molecule has 7 nitrogen and oxygen atoms in total. The predicted octanol–water partition coefficient (Wildman–Crippen LogP) is 1.84. The molecule has 0 amide bonds. The fourth-order valence-corrected chi connectivity index (χ4v) is 3.82. The number of rotatable bonds is 4. The first-order valence-corrected chi connectivity index (χ1v) is 8.58. The third-order valence-corrected chi connectivity index (χ3v) is 5.24. The molecule has 2 aromatic heterocycles. The van der Waals surface area contributed by atoms with Crippen LogP contribution in [0.5, 0.6) is 0 Å². The van der Waals surface area contributed by atoms with Crippen molar-refractivity contribution in [1.82, 2.24) is 15.2 Å². The van der Waals surface area contributed by atoms with Gasteiger partial charge in [0.25, 0.3) is 0 Å². The van der Waals surface area contributed by atoms with Gasteiger partial charge in [-0.15, -0.1) is 0 Å². The monoisotopic (exact) mass is 352 g/mol. The Morgan fingerprint density at radius 1 is 1.31 bits per heavy atom. The van der Waals surface area contributed by atoms with Crippen LogP contribution in [0.25, 0.3) is 11.0 Å². The summed E-state index contributed by atoms with van der Waals surface area (Å²) >= 11 is 0. The molecule has 1 saturated heterocycles. The topological polar surface area (TPSA) is 102 Å². The standard InChI is InChI=1S/C19H20N4O3/c24-16-7-9-23(15-6-8-20-17-14(15)11-21-22-17)12-19(16,18(25)26)10-13-4-2-1-3-5-13/h1-6,8,11,16,24H,7,9-10,12H2,(H,25,26)(H,20,21,22)/t16-,19+/m0/s1. The van der Waals surface area contributed by atoms with Gasteiger partial charge >= 0.3 is 5.97 Å². The number of aromatic nitrogens is 3. The minimum atomic E-state index is -1.26. The zero-order chi connectivity index (χ0) is 18.1. The summed E-state index contributed by atoms with van der Waals surface area (Å²) in [6.07, 6.45) is 3.14. The molecule has 1 aliphatic heterocycles. The fraction of sp³-hybridized carbons (Fsp3) is 0.316. The number of aromatic amines is 1. The van der Waals surface area contributed by atoms with Crippen LogP contribution in [-0.2, 0) is 11.2 Å². The first-order chi connectivity index (χ1) is 12.6. The molecule has 0 unspecified atom stereocenters. The van der Waals surface area contributed by atoms with Crippen molar-refractivity contribution in [1.29, 1.82) is 0 Å². The summed E-state index contributed by atoms with van der Waals surface area (Å²) in [5, 5.41) is 28.4. The fourth-order valence-electron chi connectivity index (χ4n) is 3.82. The number of anilines is 1. The number of aliphatic carboxylic acids is 1. The number of carbonyl (C=O) groups is 1. The highest BCUT2D eigenvalue weighted by molar-refractivity contribution is 5.89. The normalized spacial score (nSPS) is 23.3. The SMILES string of the molecule is O=C(O)[C@]1(Cc2ccccc2)CN(c2ccnc3[nH]ncc23)CC[C@@H]1O. The van der Waals surface area contributed by atoms with E-state index in [9.17, 15) is 15.0 Å². The lowest BCUT2D eigenvalue weighted by Gasteiger charge is -2.44. The lowest BCUT2D eigenvalue weighted by atomic mass is 9.72. The Bertz CT molecular complexity index is 927. The van der Waals surface area contributed by atoms with Gasteiger partial charge in [-0.25, -0.2) is 4.98 Å². The number of hydrogen-bond acceptors (Lipinski definition) is 5. The molecule has 1 fully saturated rings. The maximum atomic E-state index is 12.3. The highest BCUT2D eigenvalue weighted by atomic mass is 16.4. The number of hydrogen-bond donors (Lipinski definition) is 3. The lowest BCUT2D eigenvalue weighted by Crippen LogP contribution is -2.57. The van der Waals surface area contributed by atoms with Crippen LogP contribution in [0, 0.1) is 5.41 Å². The second-order valence-corrected chi connectivity index (χ2v) is 6.81. The van der Waals surface area contributed by atoms with E-state index in [1.807, 2.05) is 41.3 Å². The van der Waals surface area contributed by atoms with Gasteiger partial charge in [0.15, 0.2) is 5.65 Å². The van der Waals surface area contributed by atoms with Crippen molar-refractivity contribution in [3.05, 3.63) is 54.4 Å². The third kappa shape index (κ3) is 2.70. The van der Waals surface area contributed by atoms with Gasteiger partial charge < -0.3 is 15.1 Å². The Hall–Kier alpha value is -2.93. The van der Waals surface area contributed by atoms with Crippen molar-refractivity contribution < 1.29 is 15.0 Å². The number of fused-ring (bicyclic) bond motifs is 1. The molecule has 134 valence electrons. The molecule has 26 heavy (non-hydrogen) atoms. The molecule has 2 atom stereocenters. The molecular weight excluding hydrogens is 332 g/mol. The zero-order valence-electron chi connectivity index (χ0n) is 14.2. The van der Waals surface area contributed by atoms with Gasteiger partial charge in [-0.3, -0.25) is 9.89 Å². The number of aliphatic hydroxyl groups excluding tert-OH is 1. The first-order valence-electron chi connectivity index (χ1n) is 8.58. The second-order valence-electron chi connectivity index (χ2n) is 6.81. The molecule has 3 aromatic rings. The number of piperidine rings is 1. The quantitative estimate of drug-likeness (QED) is 0.662. The number of H-pyrrole nitrogens is 1. The van der Waals surface area contributed by atoms with Crippen LogP contribution in [-0.4, -0.2) is 50.6 Å². The Morgan fingerprint density at radius 3 is 2.88 bits per heavy atom. The number of nitrogens with zero attached hydrogens (tertiary/aromatic N) is 3. The predicted molar refractivity (Wildman–Crippen MR) is 96.9 cm³/mol. The van der Waals surface area contributed by atoms with E-state index < -0.39 is 17.5 Å². The molecule has 0 spiro atoms. The summed E-state index contributed by atoms with van der Waals surface area (Å²) in [5.74, 6) is -0.976. The molecule has 1 aromatic carbocycles. The Kier molecular flexibility index (Phi) is 4.08. The number of nitrogens with one attached hydrogen (secondary N) is 1. The summed E-state index contributed by atoms with van der Waals surface area (Å²) in [4.78, 5) is 18.5. The van der Waals surface area contributed by atoms with Crippen LogP contribution < -0.4 is 4.90 Å². The second kappa shape index (κ2) is 6.42. The molecule has 1 aliphatic rings. The molecule has 0 aliphatic carbocycles. The number of aliphatic hydroxyl groups is 1. The maximum absolute atomic E-state index is 12.3. The molecule has 7 heteroatoms. The van der Waals surface area contributed by atoms with E-state index in [1.165, 1.54) is 0 Å². The van der Waals surface area contributed by atoms with Crippen molar-refractivity contribution in [2.45, 2.75) is 18.9 Å². The van der Waals surface area contributed by atoms with Gasteiger partial charge in [-0.2, -0.15) is 5.10 Å². The third-order valence-electron chi connectivity index (χ3n) is 5.24. The van der Waals surface area contributed by atoms with Crippen LogP contribution >= 0.6 is 0 Å². The summed E-state index contributed by atoms with van der Waals surface area (Å²) in [5.41, 5.74) is 1.18. The summed E-state index contributed by atoms with van der Waals surface area (Å²) in [6.45, 7) is 0.804. The number of carboxylic acids is 1. The average molecular weight is 352 g/mol. The summed E-state index contributed by atoms with van der Waals surface area (Å²) < 4.78 is 0. The van der Waals surface area contributed by atoms with Crippen molar-refractivity contribution in [2.75, 3.05) is 18.0 Å². The first kappa shape index (κ1) is 16.5. The smallest absolute Gasteiger partial charge is 0.314 e. The molecule has 0 bridgehead atoms. The summed E-state index contributed by atoms with van der Waals surface area (Å²) in [6, 6.07) is 11.3. The van der Waals surface area contributed by atoms with Crippen LogP contribution in [0.2, 0.25) is 0 Å². The van der Waals surface area contributed by atoms with E-state index in [4.69, 9.17) is 0 Å². The van der Waals surface area contributed by atoms with E-state index in [1.54, 1.807) is 12.4 Å². The molecule has 3 heterocycles. The van der Waals surface area contributed by atoms with Crippen LogP contribution in [0.15, 0.2) is 48.8 Å². The minimum Gasteiger partial charge on any atom is -0.481 e. The highest BCUT2D eigenvalue weighted by Crippen LogP contribution is 2.38. The lowest BCUT2D eigenvalue weighted by molar-refractivity contribution is -0.157. The van der Waals surface area contributed by atoms with E-state index in [2.05, 4.69) is 15.2 Å². The van der Waals surface area contributed by atoms with Gasteiger partial charge in [-0.05, 0) is 24.5 Å². The van der Waals surface area contributed by atoms with E-state index in [0.29, 0.717) is 18.6 Å². The number of carboxylic acid groups (broad SMARTS) is 1. The van der Waals surface area contributed by atoms with Crippen molar-refractivity contribution >= 4 is 22.7 Å². The number of benzene rings is 1. The van der Waals surface area contributed by atoms with Crippen LogP contribution in [0.1, 0.15) is 12.0 Å². The van der Waals surface area contributed by atoms with Gasteiger partial charge in [0.1, 0.15) is 5.41 Å². The molecule has 0 radical (unpaired) electrons. The van der Waals surface area contributed by atoms with E-state index in [-0.39, 0.29) is 13.0 Å². The van der Waals surface area contributed by atoms with Crippen molar-refractivity contribution in [3.8, 4) is 0 Å². The van der Waals surface area contributed by atoms with Crippen molar-refractivity contribution in [3.63, 3.8) is 0 Å². The van der Waals surface area contributed by atoms with Crippen LogP contribution in [0.3, 0.4) is 0 Å². The maximum Gasteiger partial charge on any atom is 0.314 e. The zero-order valence-corrected chi connectivity index (χ0v) is 14.2. The van der Waals surface area contributed by atoms with Gasteiger partial charge in [-0.1, -0.05) is 30.3 Å². The molecule has 4 rings (SSSR count). The van der Waals surface area contributed by atoms with E-state index in [0.717, 1.165) is 16.6 Å². The van der Waals surface area contributed by atoms with E-state index >= 15 is 0 Å². The van der Waals surface area contributed by atoms with Crippen LogP contribution in [0.4, 0.5) is 5.69 Å². The largest absolute Gasteiger partial charge is 0.481 e. The molecular formula is C19H20N4O3.